The zero-order chi connectivity index (χ0) is 19.4. The monoisotopic (exact) mass is 389 g/mol. The molecule has 2 aromatic heterocycles. The van der Waals surface area contributed by atoms with Crippen LogP contribution in [0.15, 0.2) is 47.8 Å². The summed E-state index contributed by atoms with van der Waals surface area (Å²) in [5.41, 5.74) is 0.635. The molecule has 3 heterocycles. The fourth-order valence-corrected chi connectivity index (χ4v) is 4.41. The van der Waals surface area contributed by atoms with E-state index in [1.165, 1.54) is 22.8 Å². The van der Waals surface area contributed by atoms with Gasteiger partial charge in [-0.15, -0.1) is 0 Å². The van der Waals surface area contributed by atoms with E-state index in [2.05, 4.69) is 15.3 Å². The molecule has 144 valence electrons. The highest BCUT2D eigenvalue weighted by Gasteiger charge is 2.32. The van der Waals surface area contributed by atoms with Crippen LogP contribution >= 0.6 is 0 Å². The number of pyridine rings is 2. The Labute approximate surface area is 159 Å². The van der Waals surface area contributed by atoms with Gasteiger partial charge < -0.3 is 10.2 Å². The van der Waals surface area contributed by atoms with Crippen LogP contribution < -0.4 is 10.2 Å². The van der Waals surface area contributed by atoms with Gasteiger partial charge in [0.1, 0.15) is 10.7 Å². The normalized spacial score (nSPS) is 16.1. The van der Waals surface area contributed by atoms with Crippen molar-refractivity contribution in [3.63, 3.8) is 0 Å². The van der Waals surface area contributed by atoms with Crippen LogP contribution in [0, 0.1) is 5.92 Å². The highest BCUT2D eigenvalue weighted by molar-refractivity contribution is 7.89. The number of aromatic nitrogens is 2. The number of nitrogens with one attached hydrogen (secondary N) is 1. The minimum atomic E-state index is -3.56. The van der Waals surface area contributed by atoms with Crippen molar-refractivity contribution in [1.82, 2.24) is 14.3 Å². The number of nitrogens with zero attached hydrogens (tertiary/aromatic N) is 4. The van der Waals surface area contributed by atoms with Crippen molar-refractivity contribution in [2.24, 2.45) is 5.92 Å². The van der Waals surface area contributed by atoms with Crippen molar-refractivity contribution in [3.8, 4) is 0 Å². The Hall–Kier alpha value is -2.52. The predicted molar refractivity (Wildman–Crippen MR) is 103 cm³/mol. The van der Waals surface area contributed by atoms with Gasteiger partial charge in [0, 0.05) is 45.5 Å². The Morgan fingerprint density at radius 1 is 1.19 bits per heavy atom. The van der Waals surface area contributed by atoms with Crippen LogP contribution in [0.4, 0.5) is 11.5 Å². The smallest absolute Gasteiger partial charge is 0.244 e. The average molecular weight is 389 g/mol. The van der Waals surface area contributed by atoms with Crippen molar-refractivity contribution >= 4 is 27.4 Å². The lowest BCUT2D eigenvalue weighted by molar-refractivity contribution is -0.120. The molecule has 0 unspecified atom stereocenters. The summed E-state index contributed by atoms with van der Waals surface area (Å²) in [7, 11) is 0.235. The molecule has 2 aromatic rings. The van der Waals surface area contributed by atoms with E-state index in [9.17, 15) is 13.2 Å². The third kappa shape index (κ3) is 4.42. The van der Waals surface area contributed by atoms with Gasteiger partial charge in [0.15, 0.2) is 0 Å². The molecule has 3 rings (SSSR count). The first-order valence-corrected chi connectivity index (χ1v) is 10.2. The summed E-state index contributed by atoms with van der Waals surface area (Å²) in [4.78, 5) is 22.7. The van der Waals surface area contributed by atoms with Crippen molar-refractivity contribution in [1.29, 1.82) is 0 Å². The molecule has 1 fully saturated rings. The lowest BCUT2D eigenvalue weighted by atomic mass is 9.97. The first-order chi connectivity index (χ1) is 12.9. The molecule has 0 aliphatic carbocycles. The molecule has 27 heavy (non-hydrogen) atoms. The third-order valence-electron chi connectivity index (χ3n) is 4.57. The number of carbonyl (C=O) groups is 1. The lowest BCUT2D eigenvalue weighted by Crippen LogP contribution is -2.41. The van der Waals surface area contributed by atoms with E-state index in [0.717, 1.165) is 5.82 Å². The minimum absolute atomic E-state index is 0.104. The fraction of sp³-hybridized carbons (Fsp3) is 0.389. The third-order valence-corrected chi connectivity index (χ3v) is 6.45. The molecule has 1 saturated heterocycles. The molecule has 0 atom stereocenters. The number of sulfonamides is 1. The summed E-state index contributed by atoms with van der Waals surface area (Å²) < 4.78 is 26.6. The van der Waals surface area contributed by atoms with Gasteiger partial charge in [-0.05, 0) is 37.1 Å². The Bertz CT molecular complexity index is 877. The SMILES string of the molecule is CN(C)c1ccc(NC(=O)C2CCN(S(=O)(=O)c3cccnc3)CC2)cn1. The summed E-state index contributed by atoms with van der Waals surface area (Å²) in [6.45, 7) is 0.625. The number of hydrogen-bond acceptors (Lipinski definition) is 6. The van der Waals surface area contributed by atoms with Crippen molar-refractivity contribution in [2.45, 2.75) is 17.7 Å². The minimum Gasteiger partial charge on any atom is -0.363 e. The fourth-order valence-electron chi connectivity index (χ4n) is 2.98. The van der Waals surface area contributed by atoms with Crippen LogP contribution in [0.5, 0.6) is 0 Å². The highest BCUT2D eigenvalue weighted by atomic mass is 32.2. The predicted octanol–water partition coefficient (Wildman–Crippen LogP) is 1.58. The Balaban J connectivity index is 1.58. The van der Waals surface area contributed by atoms with Crippen LogP contribution in [0.1, 0.15) is 12.8 Å². The lowest BCUT2D eigenvalue weighted by Gasteiger charge is -2.30. The summed E-state index contributed by atoms with van der Waals surface area (Å²) in [6, 6.07) is 6.77. The summed E-state index contributed by atoms with van der Waals surface area (Å²) >= 11 is 0. The molecule has 1 aliphatic rings. The van der Waals surface area contributed by atoms with Crippen LogP contribution in [-0.2, 0) is 14.8 Å². The number of carbonyl (C=O) groups excluding carboxylic acids is 1. The van der Waals surface area contributed by atoms with Gasteiger partial charge >= 0.3 is 0 Å². The maximum atomic E-state index is 12.6. The molecule has 0 aromatic carbocycles. The van der Waals surface area contributed by atoms with Gasteiger partial charge in [0.05, 0.1) is 11.9 Å². The van der Waals surface area contributed by atoms with Gasteiger partial charge in [-0.1, -0.05) is 0 Å². The molecule has 0 bridgehead atoms. The molecule has 1 N–H and O–H groups in total. The second-order valence-corrected chi connectivity index (χ2v) is 8.59. The standard InChI is InChI=1S/C18H23N5O3S/c1-22(2)17-6-5-15(12-20-17)21-18(24)14-7-10-23(11-8-14)27(25,26)16-4-3-9-19-13-16/h3-6,9,12-14H,7-8,10-11H2,1-2H3,(H,21,24). The Morgan fingerprint density at radius 3 is 2.48 bits per heavy atom. The quantitative estimate of drug-likeness (QED) is 0.834. The molecular formula is C18H23N5O3S. The van der Waals surface area contributed by atoms with Crippen molar-refractivity contribution in [2.75, 3.05) is 37.4 Å². The first kappa shape index (κ1) is 19.2. The van der Waals surface area contributed by atoms with Gasteiger partial charge in [-0.25, -0.2) is 13.4 Å². The van der Waals surface area contributed by atoms with Crippen LogP contribution in [0.3, 0.4) is 0 Å². The number of piperidine rings is 1. The van der Waals surface area contributed by atoms with Crippen LogP contribution in [0.25, 0.3) is 0 Å². The van der Waals surface area contributed by atoms with Crippen molar-refractivity contribution < 1.29 is 13.2 Å². The van der Waals surface area contributed by atoms with E-state index in [0.29, 0.717) is 31.6 Å². The van der Waals surface area contributed by atoms with E-state index in [-0.39, 0.29) is 16.7 Å². The van der Waals surface area contributed by atoms with Gasteiger partial charge in [-0.2, -0.15) is 4.31 Å². The van der Waals surface area contributed by atoms with Gasteiger partial charge in [0.25, 0.3) is 0 Å². The van der Waals surface area contributed by atoms with Crippen molar-refractivity contribution in [3.05, 3.63) is 42.9 Å². The zero-order valence-corrected chi connectivity index (χ0v) is 16.2. The second-order valence-electron chi connectivity index (χ2n) is 6.66. The molecular weight excluding hydrogens is 366 g/mol. The zero-order valence-electron chi connectivity index (χ0n) is 15.4. The van der Waals surface area contributed by atoms with E-state index < -0.39 is 10.0 Å². The second kappa shape index (κ2) is 8.01. The van der Waals surface area contributed by atoms with Crippen LogP contribution in [0.2, 0.25) is 0 Å². The first-order valence-electron chi connectivity index (χ1n) is 8.72. The maximum Gasteiger partial charge on any atom is 0.244 e. The average Bonchev–Trinajstić information content (AvgIpc) is 2.69. The number of anilines is 2. The molecule has 1 amide bonds. The molecule has 0 spiro atoms. The van der Waals surface area contributed by atoms with E-state index in [1.54, 1.807) is 12.3 Å². The molecule has 1 aliphatic heterocycles. The summed E-state index contributed by atoms with van der Waals surface area (Å²) in [5, 5.41) is 2.87. The Kier molecular flexibility index (Phi) is 5.71. The highest BCUT2D eigenvalue weighted by Crippen LogP contribution is 2.24. The molecule has 9 heteroatoms. The number of amides is 1. The van der Waals surface area contributed by atoms with Crippen LogP contribution in [-0.4, -0.2) is 55.8 Å². The maximum absolute atomic E-state index is 12.6. The summed E-state index contributed by atoms with van der Waals surface area (Å²) in [5.74, 6) is 0.480. The number of rotatable bonds is 5. The molecule has 0 radical (unpaired) electrons. The van der Waals surface area contributed by atoms with Gasteiger partial charge in [0.2, 0.25) is 15.9 Å². The topological polar surface area (TPSA) is 95.5 Å². The van der Waals surface area contributed by atoms with Gasteiger partial charge in [-0.3, -0.25) is 9.78 Å². The Morgan fingerprint density at radius 2 is 1.93 bits per heavy atom. The summed E-state index contributed by atoms with van der Waals surface area (Å²) in [6.07, 6.45) is 5.46. The molecule has 0 saturated carbocycles. The van der Waals surface area contributed by atoms with E-state index in [1.807, 2.05) is 31.1 Å². The number of hydrogen-bond donors (Lipinski definition) is 1. The largest absolute Gasteiger partial charge is 0.363 e. The van der Waals surface area contributed by atoms with E-state index >= 15 is 0 Å². The molecule has 8 nitrogen and oxygen atoms in total. The van der Waals surface area contributed by atoms with E-state index in [4.69, 9.17) is 0 Å².